The number of fused-ring (bicyclic) bond motifs is 1. The van der Waals surface area contributed by atoms with E-state index in [1.54, 1.807) is 11.0 Å². The summed E-state index contributed by atoms with van der Waals surface area (Å²) in [5, 5.41) is 4.38. The maximum absolute atomic E-state index is 14.0. The smallest absolute Gasteiger partial charge is 0.237 e. The van der Waals surface area contributed by atoms with Gasteiger partial charge in [0, 0.05) is 50.0 Å². The monoisotopic (exact) mass is 628 g/mol. The number of carbonyl (C=O) groups excluding carboxylic acids is 2. The van der Waals surface area contributed by atoms with Crippen molar-refractivity contribution in [2.24, 2.45) is 12.5 Å². The van der Waals surface area contributed by atoms with Crippen molar-refractivity contribution >= 4 is 28.8 Å². The number of nitrogens with zero attached hydrogens (tertiary/aromatic N) is 6. The first-order valence-corrected chi connectivity index (χ1v) is 16.5. The summed E-state index contributed by atoms with van der Waals surface area (Å²) < 4.78 is 1.70. The van der Waals surface area contributed by atoms with E-state index in [0.29, 0.717) is 32.7 Å². The quantitative estimate of drug-likeness (QED) is 0.323. The van der Waals surface area contributed by atoms with E-state index < -0.39 is 5.41 Å². The summed E-state index contributed by atoms with van der Waals surface area (Å²) >= 11 is 0. The highest BCUT2D eigenvalue weighted by Crippen LogP contribution is 2.44. The Morgan fingerprint density at radius 3 is 2.51 bits per heavy atom. The Bertz CT molecular complexity index is 1860. The minimum atomic E-state index is -0.419. The van der Waals surface area contributed by atoms with Crippen molar-refractivity contribution in [3.63, 3.8) is 0 Å². The van der Waals surface area contributed by atoms with Gasteiger partial charge < -0.3 is 15.2 Å². The minimum Gasteiger partial charge on any atom is -0.338 e. The fourth-order valence-electron chi connectivity index (χ4n) is 7.61. The number of nitrogens with one attached hydrogen (secondary N) is 2. The maximum atomic E-state index is 14.0. The number of benzene rings is 3. The number of rotatable bonds is 6. The van der Waals surface area contributed by atoms with Crippen LogP contribution in [0, 0.1) is 12.3 Å². The predicted molar refractivity (Wildman–Crippen MR) is 182 cm³/mol. The molecule has 2 atom stereocenters. The van der Waals surface area contributed by atoms with Crippen LogP contribution in [0.1, 0.15) is 47.6 Å². The molecule has 2 saturated heterocycles. The molecule has 4 aliphatic rings. The first kappa shape index (κ1) is 29.6. The summed E-state index contributed by atoms with van der Waals surface area (Å²) in [6.45, 7) is 5.87. The van der Waals surface area contributed by atoms with E-state index in [2.05, 4.69) is 99.5 Å². The van der Waals surface area contributed by atoms with E-state index in [-0.39, 0.29) is 17.9 Å². The van der Waals surface area contributed by atoms with Gasteiger partial charge in [-0.2, -0.15) is 5.10 Å². The molecule has 240 valence electrons. The Morgan fingerprint density at radius 2 is 1.77 bits per heavy atom. The van der Waals surface area contributed by atoms with Gasteiger partial charge in [0.25, 0.3) is 0 Å². The average Bonchev–Trinajstić information content (AvgIpc) is 3.89. The number of likely N-dealkylation sites (tertiary alicyclic amines) is 1. The van der Waals surface area contributed by atoms with Crippen LogP contribution >= 0.6 is 0 Å². The van der Waals surface area contributed by atoms with Gasteiger partial charge in [0.2, 0.25) is 11.8 Å². The highest BCUT2D eigenvalue weighted by molar-refractivity contribution is 6.00. The second kappa shape index (κ2) is 11.8. The van der Waals surface area contributed by atoms with Crippen LogP contribution < -0.4 is 15.8 Å². The lowest BCUT2D eigenvalue weighted by Crippen LogP contribution is -2.43. The largest absolute Gasteiger partial charge is 0.338 e. The first-order chi connectivity index (χ1) is 22.8. The molecule has 8 rings (SSSR count). The Hall–Kier alpha value is -4.80. The van der Waals surface area contributed by atoms with Crippen LogP contribution in [0.25, 0.3) is 17.0 Å². The molecule has 0 saturated carbocycles. The highest BCUT2D eigenvalue weighted by Gasteiger charge is 2.51. The van der Waals surface area contributed by atoms with E-state index in [0.717, 1.165) is 54.1 Å². The van der Waals surface area contributed by atoms with Crippen LogP contribution in [0.2, 0.25) is 0 Å². The van der Waals surface area contributed by atoms with Gasteiger partial charge in [0.15, 0.2) is 5.82 Å². The standard InChI is InChI=1S/C37H40N8O2/c1-25-3-5-28(6-4-25)34-31-21-30(11-12-32(31)39-40-34)45-20-16-37(36(45)47)15-19-43(23-37)22-33(46)44-17-13-27(14-18-44)26-7-9-29(10-8-26)35-38-24-42(2)41-35/h3-13,21,24,34,39-40H,14-20,22-23H2,1-2H3/t34?,37-/m0/s1. The van der Waals surface area contributed by atoms with Crippen LogP contribution in [-0.4, -0.2) is 75.6 Å². The lowest BCUT2D eigenvalue weighted by Gasteiger charge is -2.29. The molecule has 0 radical (unpaired) electrons. The number of anilines is 2. The Kier molecular flexibility index (Phi) is 7.41. The molecular weight excluding hydrogens is 588 g/mol. The van der Waals surface area contributed by atoms with Crippen LogP contribution in [0.3, 0.4) is 0 Å². The number of hydrogen-bond donors (Lipinski definition) is 2. The van der Waals surface area contributed by atoms with E-state index in [9.17, 15) is 9.59 Å². The molecule has 0 bridgehead atoms. The molecular formula is C37H40N8O2. The van der Waals surface area contributed by atoms with Crippen molar-refractivity contribution in [3.8, 4) is 11.4 Å². The Balaban J connectivity index is 0.881. The molecule has 0 aliphatic carbocycles. The zero-order valence-electron chi connectivity index (χ0n) is 26.9. The molecule has 4 aromatic rings. The number of hydrazine groups is 1. The summed E-state index contributed by atoms with van der Waals surface area (Å²) in [6, 6.07) is 23.2. The van der Waals surface area contributed by atoms with Crippen molar-refractivity contribution in [2.45, 2.75) is 32.2 Å². The number of carbonyl (C=O) groups is 2. The SMILES string of the molecule is Cc1ccc(C2NNc3ccc(N4CC[C@]5(CCN(CC(=O)N6CC=C(c7ccc(-c8ncn(C)n8)cc7)CC6)C5)C4=O)cc32)cc1. The van der Waals surface area contributed by atoms with Gasteiger partial charge in [-0.25, -0.2) is 10.4 Å². The summed E-state index contributed by atoms with van der Waals surface area (Å²) in [7, 11) is 1.86. The molecule has 10 heteroatoms. The second-order valence-electron chi connectivity index (χ2n) is 13.5. The average molecular weight is 629 g/mol. The normalized spacial score (nSPS) is 22.6. The third kappa shape index (κ3) is 5.51. The van der Waals surface area contributed by atoms with E-state index in [1.165, 1.54) is 22.3 Å². The van der Waals surface area contributed by atoms with Crippen LogP contribution in [0.4, 0.5) is 11.4 Å². The molecule has 47 heavy (non-hydrogen) atoms. The van der Waals surface area contributed by atoms with Crippen molar-refractivity contribution < 1.29 is 9.59 Å². The van der Waals surface area contributed by atoms with Gasteiger partial charge in [-0.3, -0.25) is 19.2 Å². The number of hydrogen-bond acceptors (Lipinski definition) is 7. The van der Waals surface area contributed by atoms with Gasteiger partial charge >= 0.3 is 0 Å². The molecule has 2 N–H and O–H groups in total. The number of amides is 2. The van der Waals surface area contributed by atoms with E-state index >= 15 is 0 Å². The summed E-state index contributed by atoms with van der Waals surface area (Å²) in [6.07, 6.45) is 6.30. The van der Waals surface area contributed by atoms with Crippen LogP contribution in [0.5, 0.6) is 0 Å². The highest BCUT2D eigenvalue weighted by atomic mass is 16.2. The Labute approximate surface area is 275 Å². The van der Waals surface area contributed by atoms with Gasteiger partial charge in [0.05, 0.1) is 23.7 Å². The van der Waals surface area contributed by atoms with E-state index in [1.807, 2.05) is 22.9 Å². The first-order valence-electron chi connectivity index (χ1n) is 16.5. The second-order valence-corrected chi connectivity index (χ2v) is 13.5. The Morgan fingerprint density at radius 1 is 0.979 bits per heavy atom. The minimum absolute atomic E-state index is 0.0289. The molecule has 1 aromatic heterocycles. The van der Waals surface area contributed by atoms with Gasteiger partial charge in [-0.05, 0) is 67.6 Å². The van der Waals surface area contributed by atoms with E-state index in [4.69, 9.17) is 0 Å². The zero-order valence-corrected chi connectivity index (χ0v) is 26.9. The van der Waals surface area contributed by atoms with Gasteiger partial charge in [-0.15, -0.1) is 0 Å². The number of aryl methyl sites for hydroxylation is 2. The topological polar surface area (TPSA) is 98.6 Å². The van der Waals surface area contributed by atoms with Crippen molar-refractivity contribution in [1.82, 2.24) is 30.0 Å². The van der Waals surface area contributed by atoms with Crippen LogP contribution in [0.15, 0.2) is 79.1 Å². The van der Waals surface area contributed by atoms with Gasteiger partial charge in [-0.1, -0.05) is 60.2 Å². The van der Waals surface area contributed by atoms with Crippen molar-refractivity contribution in [3.05, 3.63) is 101 Å². The lowest BCUT2D eigenvalue weighted by atomic mass is 9.85. The third-order valence-electron chi connectivity index (χ3n) is 10.4. The summed E-state index contributed by atoms with van der Waals surface area (Å²) in [4.78, 5) is 37.8. The molecule has 1 spiro atoms. The molecule has 4 aliphatic heterocycles. The molecule has 2 fully saturated rings. The molecule has 10 nitrogen and oxygen atoms in total. The molecule has 5 heterocycles. The zero-order chi connectivity index (χ0) is 32.1. The maximum Gasteiger partial charge on any atom is 0.237 e. The molecule has 1 unspecified atom stereocenters. The summed E-state index contributed by atoms with van der Waals surface area (Å²) in [5.41, 5.74) is 15.3. The molecule has 2 amide bonds. The number of aromatic nitrogens is 3. The summed E-state index contributed by atoms with van der Waals surface area (Å²) in [5.74, 6) is 1.04. The lowest BCUT2D eigenvalue weighted by molar-refractivity contribution is -0.132. The fourth-order valence-corrected chi connectivity index (χ4v) is 7.61. The predicted octanol–water partition coefficient (Wildman–Crippen LogP) is 4.55. The van der Waals surface area contributed by atoms with Crippen molar-refractivity contribution in [1.29, 1.82) is 0 Å². The molecule has 3 aromatic carbocycles. The third-order valence-corrected chi connectivity index (χ3v) is 10.4. The van der Waals surface area contributed by atoms with Crippen molar-refractivity contribution in [2.75, 3.05) is 49.6 Å². The fraction of sp³-hybridized carbons (Fsp3) is 0.351. The van der Waals surface area contributed by atoms with Crippen LogP contribution in [-0.2, 0) is 16.6 Å². The van der Waals surface area contributed by atoms with Gasteiger partial charge in [0.1, 0.15) is 6.33 Å².